The van der Waals surface area contributed by atoms with Crippen LogP contribution in [-0.2, 0) is 6.42 Å². The van der Waals surface area contributed by atoms with Crippen molar-refractivity contribution in [2.24, 2.45) is 0 Å². The van der Waals surface area contributed by atoms with Crippen LogP contribution in [-0.4, -0.2) is 11.1 Å². The molecule has 0 saturated heterocycles. The minimum atomic E-state index is -0.809. The first-order chi connectivity index (χ1) is 11.2. The lowest BCUT2D eigenvalue weighted by molar-refractivity contribution is 0.0698. The van der Waals surface area contributed by atoms with Gasteiger partial charge in [0.15, 0.2) is 0 Å². The van der Waals surface area contributed by atoms with Crippen molar-refractivity contribution in [1.29, 1.82) is 0 Å². The molecular weight excluding hydrogens is 284 g/mol. The summed E-state index contributed by atoms with van der Waals surface area (Å²) in [5.41, 5.74) is 1.47. The molecule has 0 atom stereocenters. The van der Waals surface area contributed by atoms with Crippen LogP contribution in [0.3, 0.4) is 0 Å². The van der Waals surface area contributed by atoms with Crippen LogP contribution >= 0.6 is 0 Å². The third kappa shape index (κ3) is 5.09. The number of carbonyl (C=O) groups is 1. The van der Waals surface area contributed by atoms with Gasteiger partial charge in [-0.2, -0.15) is 0 Å². The average molecular weight is 312 g/mol. The minimum absolute atomic E-state index is 0.492. The molecule has 2 aromatic carbocycles. The van der Waals surface area contributed by atoms with E-state index in [4.69, 9.17) is 0 Å². The predicted molar refractivity (Wildman–Crippen MR) is 97.2 cm³/mol. The molecule has 0 spiro atoms. The van der Waals surface area contributed by atoms with Crippen molar-refractivity contribution in [3.05, 3.63) is 47.5 Å². The topological polar surface area (TPSA) is 37.3 Å². The van der Waals surface area contributed by atoms with Crippen LogP contribution in [0.25, 0.3) is 10.8 Å². The standard InChI is InChI=1S/C21H28O2/c1-2-3-4-5-6-7-8-9-13-18-16-15-17-12-10-11-14-19(17)20(18)21(22)23/h10-12,14-16H,2-9,13H2,1H3,(H,22,23). The molecule has 0 aromatic heterocycles. The Kier molecular flexibility index (Phi) is 7.12. The summed E-state index contributed by atoms with van der Waals surface area (Å²) >= 11 is 0. The molecule has 2 rings (SSSR count). The largest absolute Gasteiger partial charge is 0.478 e. The number of carboxylic acids is 1. The van der Waals surface area contributed by atoms with Gasteiger partial charge in [0.05, 0.1) is 5.56 Å². The maximum Gasteiger partial charge on any atom is 0.336 e. The molecule has 1 N–H and O–H groups in total. The monoisotopic (exact) mass is 312 g/mol. The Bertz CT molecular complexity index is 631. The second-order valence-corrected chi connectivity index (χ2v) is 6.35. The highest BCUT2D eigenvalue weighted by molar-refractivity contribution is 6.05. The molecule has 2 heteroatoms. The molecule has 0 aliphatic carbocycles. The molecule has 23 heavy (non-hydrogen) atoms. The normalized spacial score (nSPS) is 11.0. The highest BCUT2D eigenvalue weighted by Gasteiger charge is 2.13. The van der Waals surface area contributed by atoms with Gasteiger partial charge in [-0.3, -0.25) is 0 Å². The summed E-state index contributed by atoms with van der Waals surface area (Å²) in [7, 11) is 0. The fraction of sp³-hybridized carbons (Fsp3) is 0.476. The SMILES string of the molecule is CCCCCCCCCCc1ccc2ccccc2c1C(=O)O. The number of fused-ring (bicyclic) bond motifs is 1. The van der Waals surface area contributed by atoms with E-state index in [1.54, 1.807) is 0 Å². The molecule has 0 unspecified atom stereocenters. The van der Waals surface area contributed by atoms with Crippen molar-refractivity contribution in [3.8, 4) is 0 Å². The molecular formula is C21H28O2. The summed E-state index contributed by atoms with van der Waals surface area (Å²) in [6.45, 7) is 2.24. The van der Waals surface area contributed by atoms with Crippen LogP contribution in [0.4, 0.5) is 0 Å². The molecule has 0 amide bonds. The van der Waals surface area contributed by atoms with Crippen molar-refractivity contribution in [2.75, 3.05) is 0 Å². The lowest BCUT2D eigenvalue weighted by atomic mass is 9.95. The van der Waals surface area contributed by atoms with E-state index in [0.717, 1.165) is 29.2 Å². The van der Waals surface area contributed by atoms with Crippen LogP contribution in [0.2, 0.25) is 0 Å². The Balaban J connectivity index is 1.90. The number of aryl methyl sites for hydroxylation is 1. The van der Waals surface area contributed by atoms with Gasteiger partial charge in [-0.25, -0.2) is 4.79 Å². The first-order valence-corrected chi connectivity index (χ1v) is 8.98. The summed E-state index contributed by atoms with van der Waals surface area (Å²) in [4.78, 5) is 11.7. The van der Waals surface area contributed by atoms with Gasteiger partial charge >= 0.3 is 5.97 Å². The minimum Gasteiger partial charge on any atom is -0.478 e. The van der Waals surface area contributed by atoms with Crippen molar-refractivity contribution in [3.63, 3.8) is 0 Å². The molecule has 0 aliphatic heterocycles. The van der Waals surface area contributed by atoms with Crippen molar-refractivity contribution in [1.82, 2.24) is 0 Å². The van der Waals surface area contributed by atoms with Gasteiger partial charge in [-0.05, 0) is 29.2 Å². The van der Waals surface area contributed by atoms with Gasteiger partial charge in [0.1, 0.15) is 0 Å². The van der Waals surface area contributed by atoms with E-state index in [1.165, 1.54) is 44.9 Å². The van der Waals surface area contributed by atoms with Crippen LogP contribution in [0.5, 0.6) is 0 Å². The average Bonchev–Trinajstić information content (AvgIpc) is 2.56. The van der Waals surface area contributed by atoms with E-state index in [9.17, 15) is 9.90 Å². The Morgan fingerprint density at radius 2 is 1.52 bits per heavy atom. The Morgan fingerprint density at radius 3 is 2.22 bits per heavy atom. The zero-order chi connectivity index (χ0) is 16.5. The van der Waals surface area contributed by atoms with Crippen molar-refractivity contribution >= 4 is 16.7 Å². The Morgan fingerprint density at radius 1 is 0.870 bits per heavy atom. The van der Waals surface area contributed by atoms with E-state index < -0.39 is 5.97 Å². The van der Waals surface area contributed by atoms with E-state index in [1.807, 2.05) is 36.4 Å². The van der Waals surface area contributed by atoms with E-state index in [2.05, 4.69) is 6.92 Å². The molecule has 0 aliphatic rings. The quantitative estimate of drug-likeness (QED) is 0.529. The van der Waals surface area contributed by atoms with Crippen molar-refractivity contribution < 1.29 is 9.90 Å². The lowest BCUT2D eigenvalue weighted by Gasteiger charge is -2.10. The molecule has 0 fully saturated rings. The number of carboxylic acid groups (broad SMARTS) is 1. The zero-order valence-electron chi connectivity index (χ0n) is 14.2. The highest BCUT2D eigenvalue weighted by atomic mass is 16.4. The fourth-order valence-corrected chi connectivity index (χ4v) is 3.23. The number of benzene rings is 2. The Labute approximate surface area is 139 Å². The van der Waals surface area contributed by atoms with Gasteiger partial charge in [0, 0.05) is 0 Å². The highest BCUT2D eigenvalue weighted by Crippen LogP contribution is 2.24. The van der Waals surface area contributed by atoms with E-state index >= 15 is 0 Å². The molecule has 0 bridgehead atoms. The maximum absolute atomic E-state index is 11.7. The number of aromatic carboxylic acids is 1. The smallest absolute Gasteiger partial charge is 0.336 e. The molecule has 124 valence electrons. The third-order valence-electron chi connectivity index (χ3n) is 4.53. The zero-order valence-corrected chi connectivity index (χ0v) is 14.2. The number of rotatable bonds is 10. The summed E-state index contributed by atoms with van der Waals surface area (Å²) in [6, 6.07) is 11.8. The fourth-order valence-electron chi connectivity index (χ4n) is 3.23. The Hall–Kier alpha value is -1.83. The molecule has 0 saturated carbocycles. The van der Waals surface area contributed by atoms with Gasteiger partial charge in [-0.15, -0.1) is 0 Å². The van der Waals surface area contributed by atoms with Crippen LogP contribution in [0, 0.1) is 0 Å². The summed E-state index contributed by atoms with van der Waals surface area (Å²) in [5.74, 6) is -0.809. The van der Waals surface area contributed by atoms with Gasteiger partial charge in [-0.1, -0.05) is 88.3 Å². The maximum atomic E-state index is 11.7. The van der Waals surface area contributed by atoms with Crippen LogP contribution in [0.15, 0.2) is 36.4 Å². The van der Waals surface area contributed by atoms with Crippen LogP contribution < -0.4 is 0 Å². The second kappa shape index (κ2) is 9.34. The van der Waals surface area contributed by atoms with Crippen molar-refractivity contribution in [2.45, 2.75) is 64.7 Å². The lowest BCUT2D eigenvalue weighted by Crippen LogP contribution is -2.04. The first-order valence-electron chi connectivity index (χ1n) is 8.98. The van der Waals surface area contributed by atoms with Gasteiger partial charge < -0.3 is 5.11 Å². The van der Waals surface area contributed by atoms with Gasteiger partial charge in [0.25, 0.3) is 0 Å². The second-order valence-electron chi connectivity index (χ2n) is 6.35. The van der Waals surface area contributed by atoms with E-state index in [-0.39, 0.29) is 0 Å². The van der Waals surface area contributed by atoms with E-state index in [0.29, 0.717) is 5.56 Å². The summed E-state index contributed by atoms with van der Waals surface area (Å²) in [6.07, 6.45) is 11.0. The third-order valence-corrected chi connectivity index (χ3v) is 4.53. The molecule has 0 heterocycles. The predicted octanol–water partition coefficient (Wildman–Crippen LogP) is 6.22. The first kappa shape index (κ1) is 17.5. The van der Waals surface area contributed by atoms with Crippen LogP contribution in [0.1, 0.15) is 74.2 Å². The molecule has 0 radical (unpaired) electrons. The molecule has 2 nitrogen and oxygen atoms in total. The number of unbranched alkanes of at least 4 members (excludes halogenated alkanes) is 7. The number of hydrogen-bond acceptors (Lipinski definition) is 1. The summed E-state index contributed by atoms with van der Waals surface area (Å²) < 4.78 is 0. The summed E-state index contributed by atoms with van der Waals surface area (Å²) in [5, 5.41) is 11.4. The number of hydrogen-bond donors (Lipinski definition) is 1. The molecule has 2 aromatic rings. The van der Waals surface area contributed by atoms with Gasteiger partial charge in [0.2, 0.25) is 0 Å².